The molecule has 0 aliphatic carbocycles. The van der Waals surface area contributed by atoms with Crippen LogP contribution < -0.4 is 4.74 Å². The Balaban J connectivity index is 0.000000861. The highest BCUT2D eigenvalue weighted by Crippen LogP contribution is 2.27. The molecule has 0 N–H and O–H groups in total. The first kappa shape index (κ1) is 15.3. The van der Waals surface area contributed by atoms with Crippen LogP contribution in [-0.2, 0) is 0 Å². The van der Waals surface area contributed by atoms with Crippen LogP contribution in [0.1, 0.15) is 25.1 Å². The van der Waals surface area contributed by atoms with Gasteiger partial charge in [0.2, 0.25) is 0 Å². The Morgan fingerprint density at radius 1 is 1.05 bits per heavy atom. The molecule has 2 aromatic rings. The third-order valence-electron chi connectivity index (χ3n) is 2.35. The molecule has 0 atom stereocenters. The quantitative estimate of drug-likeness (QED) is 0.745. The summed E-state index contributed by atoms with van der Waals surface area (Å²) in [5.74, 6) is -0.223. The molecule has 0 radical (unpaired) electrons. The van der Waals surface area contributed by atoms with Crippen molar-refractivity contribution in [3.63, 3.8) is 0 Å². The molecule has 0 fully saturated rings. The molecule has 2 nitrogen and oxygen atoms in total. The Labute approximate surface area is 110 Å². The first-order chi connectivity index (χ1) is 8.85. The van der Waals surface area contributed by atoms with Crippen molar-refractivity contribution in [2.75, 3.05) is 0 Å². The number of nitrogens with zero attached hydrogens (tertiary/aromatic N) is 1. The summed E-state index contributed by atoms with van der Waals surface area (Å²) in [6.07, 6.45) is -4.67. The first-order valence-electron chi connectivity index (χ1n) is 5.99. The lowest BCUT2D eigenvalue weighted by atomic mass is 10.1. The van der Waals surface area contributed by atoms with Crippen molar-refractivity contribution < 1.29 is 17.9 Å². The Kier molecular flexibility index (Phi) is 4.75. The van der Waals surface area contributed by atoms with Gasteiger partial charge in [-0.2, -0.15) is 0 Å². The molecule has 1 aromatic carbocycles. The monoisotopic (exact) mass is 271 g/mol. The molecule has 0 spiro atoms. The van der Waals surface area contributed by atoms with Crippen LogP contribution in [0.25, 0.3) is 10.9 Å². The SMILES string of the molecule is CC.Cc1cc(C)c2cc(OC(F)(F)F)ccc2n1. The van der Waals surface area contributed by atoms with Gasteiger partial charge in [0.25, 0.3) is 0 Å². The molecule has 104 valence electrons. The summed E-state index contributed by atoms with van der Waals surface area (Å²) in [5.41, 5.74) is 2.37. The lowest BCUT2D eigenvalue weighted by Crippen LogP contribution is -2.17. The Hall–Kier alpha value is -1.78. The zero-order valence-corrected chi connectivity index (χ0v) is 11.3. The van der Waals surface area contributed by atoms with Crippen molar-refractivity contribution in [3.05, 3.63) is 35.5 Å². The van der Waals surface area contributed by atoms with E-state index in [9.17, 15) is 13.2 Å². The maximum absolute atomic E-state index is 12.1. The van der Waals surface area contributed by atoms with E-state index in [1.54, 1.807) is 0 Å². The number of pyridine rings is 1. The molecule has 1 aromatic heterocycles. The van der Waals surface area contributed by atoms with Gasteiger partial charge in [0.05, 0.1) is 5.52 Å². The average Bonchev–Trinajstić information content (AvgIpc) is 2.30. The Bertz CT molecular complexity index is 564. The number of aryl methyl sites for hydroxylation is 2. The van der Waals surface area contributed by atoms with Gasteiger partial charge in [0, 0.05) is 11.1 Å². The Morgan fingerprint density at radius 2 is 1.68 bits per heavy atom. The summed E-state index contributed by atoms with van der Waals surface area (Å²) in [5, 5.41) is 0.664. The van der Waals surface area contributed by atoms with Crippen molar-refractivity contribution in [2.45, 2.75) is 34.1 Å². The normalized spacial score (nSPS) is 10.9. The second kappa shape index (κ2) is 5.91. The van der Waals surface area contributed by atoms with Crippen LogP contribution in [0.3, 0.4) is 0 Å². The van der Waals surface area contributed by atoms with Crippen LogP contribution in [0.15, 0.2) is 24.3 Å². The number of fused-ring (bicyclic) bond motifs is 1. The van der Waals surface area contributed by atoms with E-state index in [1.807, 2.05) is 33.8 Å². The number of hydrogen-bond acceptors (Lipinski definition) is 2. The fraction of sp³-hybridized carbons (Fsp3) is 0.357. The van der Waals surface area contributed by atoms with Crippen molar-refractivity contribution in [1.82, 2.24) is 4.98 Å². The molecule has 0 amide bonds. The summed E-state index contributed by atoms with van der Waals surface area (Å²) >= 11 is 0. The van der Waals surface area contributed by atoms with Gasteiger partial charge in [-0.3, -0.25) is 4.98 Å². The van der Waals surface area contributed by atoms with Crippen molar-refractivity contribution in [2.24, 2.45) is 0 Å². The predicted octanol–water partition coefficient (Wildman–Crippen LogP) is 4.78. The molecular formula is C14H16F3NO. The maximum atomic E-state index is 12.1. The van der Waals surface area contributed by atoms with E-state index < -0.39 is 6.36 Å². The minimum absolute atomic E-state index is 0.223. The van der Waals surface area contributed by atoms with E-state index in [-0.39, 0.29) is 5.75 Å². The van der Waals surface area contributed by atoms with Gasteiger partial charge in [0.1, 0.15) is 5.75 Å². The highest BCUT2D eigenvalue weighted by molar-refractivity contribution is 5.83. The molecule has 0 saturated heterocycles. The van der Waals surface area contributed by atoms with Gasteiger partial charge >= 0.3 is 6.36 Å². The van der Waals surface area contributed by atoms with Gasteiger partial charge in [-0.1, -0.05) is 13.8 Å². The number of ether oxygens (including phenoxy) is 1. The van der Waals surface area contributed by atoms with Gasteiger partial charge < -0.3 is 4.74 Å². The number of benzene rings is 1. The molecule has 0 saturated carbocycles. The highest BCUT2D eigenvalue weighted by atomic mass is 19.4. The van der Waals surface area contributed by atoms with Crippen LogP contribution in [0.2, 0.25) is 0 Å². The van der Waals surface area contributed by atoms with Crippen molar-refractivity contribution in [3.8, 4) is 5.75 Å². The Morgan fingerprint density at radius 3 is 2.26 bits per heavy atom. The molecule has 0 aliphatic rings. The zero-order chi connectivity index (χ0) is 14.6. The maximum Gasteiger partial charge on any atom is 0.573 e. The van der Waals surface area contributed by atoms with Gasteiger partial charge in [-0.15, -0.1) is 13.2 Å². The topological polar surface area (TPSA) is 22.1 Å². The first-order valence-corrected chi connectivity index (χ1v) is 5.99. The van der Waals surface area contributed by atoms with E-state index in [4.69, 9.17) is 0 Å². The molecule has 1 heterocycles. The second-order valence-electron chi connectivity index (χ2n) is 3.81. The molecular weight excluding hydrogens is 255 g/mol. The van der Waals surface area contributed by atoms with Crippen LogP contribution in [-0.4, -0.2) is 11.3 Å². The van der Waals surface area contributed by atoms with Crippen LogP contribution in [0.4, 0.5) is 13.2 Å². The minimum atomic E-state index is -4.67. The van der Waals surface area contributed by atoms with E-state index in [1.165, 1.54) is 18.2 Å². The third-order valence-corrected chi connectivity index (χ3v) is 2.35. The van der Waals surface area contributed by atoms with Crippen LogP contribution in [0.5, 0.6) is 5.75 Å². The van der Waals surface area contributed by atoms with Crippen LogP contribution >= 0.6 is 0 Å². The summed E-state index contributed by atoms with van der Waals surface area (Å²) in [7, 11) is 0. The smallest absolute Gasteiger partial charge is 0.406 e. The second-order valence-corrected chi connectivity index (χ2v) is 3.81. The minimum Gasteiger partial charge on any atom is -0.406 e. The summed E-state index contributed by atoms with van der Waals surface area (Å²) in [6.45, 7) is 7.67. The van der Waals surface area contributed by atoms with E-state index in [0.717, 1.165) is 11.3 Å². The van der Waals surface area contributed by atoms with Gasteiger partial charge in [-0.25, -0.2) is 0 Å². The fourth-order valence-electron chi connectivity index (χ4n) is 1.74. The molecule has 5 heteroatoms. The lowest BCUT2D eigenvalue weighted by molar-refractivity contribution is -0.274. The molecule has 19 heavy (non-hydrogen) atoms. The predicted molar refractivity (Wildman–Crippen MR) is 69.2 cm³/mol. The zero-order valence-electron chi connectivity index (χ0n) is 11.3. The average molecular weight is 271 g/mol. The highest BCUT2D eigenvalue weighted by Gasteiger charge is 2.31. The number of alkyl halides is 3. The number of aromatic nitrogens is 1. The van der Waals surface area contributed by atoms with Gasteiger partial charge in [0.15, 0.2) is 0 Å². The van der Waals surface area contributed by atoms with E-state index in [0.29, 0.717) is 10.9 Å². The van der Waals surface area contributed by atoms with Crippen molar-refractivity contribution in [1.29, 1.82) is 0 Å². The molecule has 0 bridgehead atoms. The number of rotatable bonds is 1. The largest absolute Gasteiger partial charge is 0.573 e. The molecule has 0 unspecified atom stereocenters. The van der Waals surface area contributed by atoms with Gasteiger partial charge in [-0.05, 0) is 43.7 Å². The molecule has 2 rings (SSSR count). The lowest BCUT2D eigenvalue weighted by Gasteiger charge is -2.10. The number of halogens is 3. The summed E-state index contributed by atoms with van der Waals surface area (Å²) in [4.78, 5) is 4.24. The third kappa shape index (κ3) is 4.12. The molecule has 0 aliphatic heterocycles. The summed E-state index contributed by atoms with van der Waals surface area (Å²) < 4.78 is 40.1. The van der Waals surface area contributed by atoms with E-state index >= 15 is 0 Å². The summed E-state index contributed by atoms with van der Waals surface area (Å²) in [6, 6.07) is 5.96. The number of hydrogen-bond donors (Lipinski definition) is 0. The van der Waals surface area contributed by atoms with Crippen molar-refractivity contribution >= 4 is 10.9 Å². The van der Waals surface area contributed by atoms with Crippen LogP contribution in [0, 0.1) is 13.8 Å². The standard InChI is InChI=1S/C12H10F3NO.C2H6/c1-7-5-8(2)16-11-4-3-9(6-10(7)11)17-12(13,14)15;1-2/h3-6H,1-2H3;1-2H3. The fourth-order valence-corrected chi connectivity index (χ4v) is 1.74. The van der Waals surface area contributed by atoms with E-state index in [2.05, 4.69) is 9.72 Å².